The third kappa shape index (κ3) is 3.28. The fraction of sp³-hybridized carbons (Fsp3) is 0.278. The summed E-state index contributed by atoms with van der Waals surface area (Å²) in [5, 5.41) is 6.33. The SMILES string of the molecule is Cc1cccc(NC(=O)c2ccccc2N2CCNCC2)c1. The molecule has 0 aromatic heterocycles. The van der Waals surface area contributed by atoms with Crippen LogP contribution >= 0.6 is 0 Å². The van der Waals surface area contributed by atoms with Gasteiger partial charge in [-0.1, -0.05) is 24.3 Å². The molecular weight excluding hydrogens is 274 g/mol. The van der Waals surface area contributed by atoms with Gasteiger partial charge in [-0.05, 0) is 36.8 Å². The Hall–Kier alpha value is -2.33. The maximum atomic E-state index is 12.6. The molecule has 0 radical (unpaired) electrons. The van der Waals surface area contributed by atoms with Crippen molar-refractivity contribution in [1.29, 1.82) is 0 Å². The van der Waals surface area contributed by atoms with E-state index in [0.717, 1.165) is 48.7 Å². The smallest absolute Gasteiger partial charge is 0.257 e. The van der Waals surface area contributed by atoms with Gasteiger partial charge in [0.25, 0.3) is 5.91 Å². The monoisotopic (exact) mass is 295 g/mol. The Kier molecular flexibility index (Phi) is 4.39. The Morgan fingerprint density at radius 1 is 1.09 bits per heavy atom. The van der Waals surface area contributed by atoms with Gasteiger partial charge < -0.3 is 15.5 Å². The maximum absolute atomic E-state index is 12.6. The lowest BCUT2D eigenvalue weighted by molar-refractivity contribution is 0.102. The first-order chi connectivity index (χ1) is 10.7. The van der Waals surface area contributed by atoms with E-state index in [1.165, 1.54) is 0 Å². The number of benzene rings is 2. The minimum absolute atomic E-state index is 0.0558. The van der Waals surface area contributed by atoms with E-state index < -0.39 is 0 Å². The molecule has 1 saturated heterocycles. The van der Waals surface area contributed by atoms with Gasteiger partial charge in [0.05, 0.1) is 5.56 Å². The second-order valence-corrected chi connectivity index (χ2v) is 5.58. The predicted molar refractivity (Wildman–Crippen MR) is 90.7 cm³/mol. The van der Waals surface area contributed by atoms with Gasteiger partial charge in [-0.3, -0.25) is 4.79 Å². The van der Waals surface area contributed by atoms with Gasteiger partial charge in [0.1, 0.15) is 0 Å². The van der Waals surface area contributed by atoms with Crippen LogP contribution in [0.4, 0.5) is 11.4 Å². The molecule has 0 unspecified atom stereocenters. The van der Waals surface area contributed by atoms with E-state index in [2.05, 4.69) is 15.5 Å². The molecule has 1 aliphatic rings. The Labute approximate surface area is 131 Å². The molecule has 1 fully saturated rings. The molecule has 1 aliphatic heterocycles. The summed E-state index contributed by atoms with van der Waals surface area (Å²) in [6, 6.07) is 15.7. The average Bonchev–Trinajstić information content (AvgIpc) is 2.56. The molecule has 4 nitrogen and oxygen atoms in total. The number of para-hydroxylation sites is 1. The van der Waals surface area contributed by atoms with Crippen LogP contribution in [0.25, 0.3) is 0 Å². The zero-order valence-electron chi connectivity index (χ0n) is 12.8. The number of amides is 1. The number of hydrogen-bond acceptors (Lipinski definition) is 3. The molecule has 0 atom stereocenters. The molecule has 0 aliphatic carbocycles. The largest absolute Gasteiger partial charge is 0.368 e. The van der Waals surface area contributed by atoms with Crippen molar-refractivity contribution < 1.29 is 4.79 Å². The Morgan fingerprint density at radius 2 is 1.86 bits per heavy atom. The van der Waals surface area contributed by atoms with Crippen molar-refractivity contribution in [2.24, 2.45) is 0 Å². The van der Waals surface area contributed by atoms with Gasteiger partial charge in [0, 0.05) is 37.6 Å². The number of rotatable bonds is 3. The number of nitrogens with zero attached hydrogens (tertiary/aromatic N) is 1. The molecule has 114 valence electrons. The van der Waals surface area contributed by atoms with E-state index in [-0.39, 0.29) is 5.91 Å². The molecule has 3 rings (SSSR count). The van der Waals surface area contributed by atoms with E-state index in [0.29, 0.717) is 0 Å². The predicted octanol–water partition coefficient (Wildman–Crippen LogP) is 2.66. The highest BCUT2D eigenvalue weighted by atomic mass is 16.1. The van der Waals surface area contributed by atoms with Crippen LogP contribution in [0.15, 0.2) is 48.5 Å². The van der Waals surface area contributed by atoms with Crippen molar-refractivity contribution in [1.82, 2.24) is 5.32 Å². The number of hydrogen-bond donors (Lipinski definition) is 2. The lowest BCUT2D eigenvalue weighted by atomic mass is 10.1. The first-order valence-corrected chi connectivity index (χ1v) is 7.67. The van der Waals surface area contributed by atoms with Gasteiger partial charge in [-0.15, -0.1) is 0 Å². The van der Waals surface area contributed by atoms with Gasteiger partial charge in [-0.25, -0.2) is 0 Å². The summed E-state index contributed by atoms with van der Waals surface area (Å²) < 4.78 is 0. The zero-order chi connectivity index (χ0) is 15.4. The number of piperazine rings is 1. The van der Waals surface area contributed by atoms with Crippen LogP contribution in [0, 0.1) is 6.92 Å². The second kappa shape index (κ2) is 6.62. The van der Waals surface area contributed by atoms with Crippen molar-refractivity contribution in [3.05, 3.63) is 59.7 Å². The van der Waals surface area contributed by atoms with Crippen molar-refractivity contribution in [3.63, 3.8) is 0 Å². The molecule has 2 aromatic rings. The standard InChI is InChI=1S/C18H21N3O/c1-14-5-4-6-15(13-14)20-18(22)16-7-2-3-8-17(16)21-11-9-19-10-12-21/h2-8,13,19H,9-12H2,1H3,(H,20,22). The molecule has 2 N–H and O–H groups in total. The van der Waals surface area contributed by atoms with E-state index in [4.69, 9.17) is 0 Å². The molecule has 2 aromatic carbocycles. The highest BCUT2D eigenvalue weighted by Crippen LogP contribution is 2.22. The molecule has 0 spiro atoms. The highest BCUT2D eigenvalue weighted by molar-refractivity contribution is 6.08. The number of anilines is 2. The van der Waals surface area contributed by atoms with E-state index in [9.17, 15) is 4.79 Å². The minimum Gasteiger partial charge on any atom is -0.368 e. The van der Waals surface area contributed by atoms with Crippen LogP contribution < -0.4 is 15.5 Å². The van der Waals surface area contributed by atoms with Crippen LogP contribution in [0.1, 0.15) is 15.9 Å². The summed E-state index contributed by atoms with van der Waals surface area (Å²) in [7, 11) is 0. The number of carbonyl (C=O) groups excluding carboxylic acids is 1. The summed E-state index contributed by atoms with van der Waals surface area (Å²) >= 11 is 0. The highest BCUT2D eigenvalue weighted by Gasteiger charge is 2.17. The Morgan fingerprint density at radius 3 is 2.64 bits per heavy atom. The summed E-state index contributed by atoms with van der Waals surface area (Å²) in [5.74, 6) is -0.0558. The molecule has 4 heteroatoms. The second-order valence-electron chi connectivity index (χ2n) is 5.58. The van der Waals surface area contributed by atoms with Crippen LogP contribution in [0.2, 0.25) is 0 Å². The first kappa shape index (κ1) is 14.6. The fourth-order valence-corrected chi connectivity index (χ4v) is 2.77. The molecule has 1 heterocycles. The molecule has 0 bridgehead atoms. The molecule has 0 saturated carbocycles. The van der Waals surface area contributed by atoms with Crippen LogP contribution in [0.5, 0.6) is 0 Å². The fourth-order valence-electron chi connectivity index (χ4n) is 2.77. The minimum atomic E-state index is -0.0558. The molecule has 1 amide bonds. The summed E-state index contributed by atoms with van der Waals surface area (Å²) in [6.45, 7) is 5.77. The third-order valence-electron chi connectivity index (χ3n) is 3.88. The topological polar surface area (TPSA) is 44.4 Å². The van der Waals surface area contributed by atoms with Crippen LogP contribution in [-0.4, -0.2) is 32.1 Å². The van der Waals surface area contributed by atoms with Gasteiger partial charge in [-0.2, -0.15) is 0 Å². The maximum Gasteiger partial charge on any atom is 0.257 e. The average molecular weight is 295 g/mol. The molecule has 22 heavy (non-hydrogen) atoms. The Balaban J connectivity index is 1.83. The summed E-state index contributed by atoms with van der Waals surface area (Å²) in [4.78, 5) is 14.9. The molecular formula is C18H21N3O. The number of carbonyl (C=O) groups is 1. The van der Waals surface area contributed by atoms with E-state index in [1.807, 2.05) is 55.5 Å². The normalized spacial score (nSPS) is 14.7. The zero-order valence-corrected chi connectivity index (χ0v) is 12.8. The van der Waals surface area contributed by atoms with Crippen LogP contribution in [0.3, 0.4) is 0 Å². The number of nitrogens with one attached hydrogen (secondary N) is 2. The lowest BCUT2D eigenvalue weighted by Gasteiger charge is -2.30. The lowest BCUT2D eigenvalue weighted by Crippen LogP contribution is -2.44. The Bertz CT molecular complexity index is 663. The van der Waals surface area contributed by atoms with Crippen molar-refractivity contribution in [2.45, 2.75) is 6.92 Å². The first-order valence-electron chi connectivity index (χ1n) is 7.67. The van der Waals surface area contributed by atoms with Crippen molar-refractivity contribution >= 4 is 17.3 Å². The quantitative estimate of drug-likeness (QED) is 0.915. The van der Waals surface area contributed by atoms with E-state index >= 15 is 0 Å². The van der Waals surface area contributed by atoms with Crippen molar-refractivity contribution in [2.75, 3.05) is 36.4 Å². The van der Waals surface area contributed by atoms with Gasteiger partial charge in [0.2, 0.25) is 0 Å². The summed E-state index contributed by atoms with van der Waals surface area (Å²) in [6.07, 6.45) is 0. The van der Waals surface area contributed by atoms with Crippen LogP contribution in [-0.2, 0) is 0 Å². The summed E-state index contributed by atoms with van der Waals surface area (Å²) in [5.41, 5.74) is 3.70. The number of aryl methyl sites for hydroxylation is 1. The van der Waals surface area contributed by atoms with Gasteiger partial charge in [0.15, 0.2) is 0 Å². The van der Waals surface area contributed by atoms with Crippen molar-refractivity contribution in [3.8, 4) is 0 Å². The third-order valence-corrected chi connectivity index (χ3v) is 3.88. The van der Waals surface area contributed by atoms with Gasteiger partial charge >= 0.3 is 0 Å². The van der Waals surface area contributed by atoms with E-state index in [1.54, 1.807) is 0 Å².